The van der Waals surface area contributed by atoms with E-state index in [9.17, 15) is 9.59 Å². The summed E-state index contributed by atoms with van der Waals surface area (Å²) in [5.41, 5.74) is 1.55. The predicted molar refractivity (Wildman–Crippen MR) is 107 cm³/mol. The van der Waals surface area contributed by atoms with Crippen molar-refractivity contribution in [2.75, 3.05) is 13.7 Å². The molecule has 2 amide bonds. The molecule has 2 rings (SSSR count). The van der Waals surface area contributed by atoms with Gasteiger partial charge in [0.1, 0.15) is 11.8 Å². The topological polar surface area (TPSA) is 58.6 Å². The van der Waals surface area contributed by atoms with Gasteiger partial charge in [0.25, 0.3) is 5.91 Å². The molecule has 2 aromatic rings. The zero-order chi connectivity index (χ0) is 19.8. The molecule has 0 radical (unpaired) electrons. The second-order valence-corrected chi connectivity index (χ2v) is 6.83. The molecule has 0 aromatic heterocycles. The Morgan fingerprint density at radius 3 is 2.22 bits per heavy atom. The number of hydrogen-bond donors (Lipinski definition) is 1. The molecule has 1 unspecified atom stereocenters. The Balaban J connectivity index is 2.05. The maximum Gasteiger partial charge on any atom is 0.251 e. The first-order valence-corrected chi connectivity index (χ1v) is 9.25. The zero-order valence-electron chi connectivity index (χ0n) is 16.4. The van der Waals surface area contributed by atoms with Crippen LogP contribution in [0.15, 0.2) is 54.6 Å². The van der Waals surface area contributed by atoms with Crippen LogP contribution in [0.25, 0.3) is 0 Å². The van der Waals surface area contributed by atoms with Crippen LogP contribution in [0.5, 0.6) is 5.75 Å². The number of rotatable bonds is 8. The zero-order valence-corrected chi connectivity index (χ0v) is 16.4. The summed E-state index contributed by atoms with van der Waals surface area (Å²) in [6.45, 7) is 6.84. The Kier molecular flexibility index (Phi) is 7.41. The summed E-state index contributed by atoms with van der Waals surface area (Å²) in [6.07, 6.45) is 0. The van der Waals surface area contributed by atoms with Gasteiger partial charge in [0.2, 0.25) is 5.91 Å². The first-order chi connectivity index (χ1) is 12.9. The highest BCUT2D eigenvalue weighted by Crippen LogP contribution is 2.14. The van der Waals surface area contributed by atoms with E-state index in [1.807, 2.05) is 51.1 Å². The Labute approximate surface area is 161 Å². The fraction of sp³-hybridized carbons (Fsp3) is 0.364. The third-order valence-electron chi connectivity index (χ3n) is 4.29. The van der Waals surface area contributed by atoms with Crippen LogP contribution < -0.4 is 10.1 Å². The fourth-order valence-electron chi connectivity index (χ4n) is 2.78. The van der Waals surface area contributed by atoms with Crippen LogP contribution in [0.1, 0.15) is 36.7 Å². The summed E-state index contributed by atoms with van der Waals surface area (Å²) in [5, 5.41) is 2.88. The molecule has 0 saturated carbocycles. The van der Waals surface area contributed by atoms with Crippen molar-refractivity contribution in [3.63, 3.8) is 0 Å². The van der Waals surface area contributed by atoms with Crippen molar-refractivity contribution in [1.82, 2.24) is 10.2 Å². The van der Waals surface area contributed by atoms with E-state index in [1.54, 1.807) is 36.2 Å². The van der Waals surface area contributed by atoms with E-state index in [2.05, 4.69) is 5.32 Å². The SMILES string of the molecule is CCOc1ccc(C(=O)NC(C(=O)N(C)Cc2ccccc2)C(C)C)cc1. The van der Waals surface area contributed by atoms with E-state index < -0.39 is 6.04 Å². The molecule has 1 atom stereocenters. The number of likely N-dealkylation sites (N-methyl/N-ethyl adjacent to an activating group) is 1. The van der Waals surface area contributed by atoms with Crippen molar-refractivity contribution >= 4 is 11.8 Å². The fourth-order valence-corrected chi connectivity index (χ4v) is 2.78. The van der Waals surface area contributed by atoms with E-state index in [0.29, 0.717) is 24.5 Å². The summed E-state index contributed by atoms with van der Waals surface area (Å²) in [7, 11) is 1.76. The minimum Gasteiger partial charge on any atom is -0.494 e. The Morgan fingerprint density at radius 2 is 1.67 bits per heavy atom. The van der Waals surface area contributed by atoms with Gasteiger partial charge in [-0.1, -0.05) is 44.2 Å². The largest absolute Gasteiger partial charge is 0.494 e. The standard InChI is InChI=1S/C22H28N2O3/c1-5-27-19-13-11-18(12-14-19)21(25)23-20(16(2)3)22(26)24(4)15-17-9-7-6-8-10-17/h6-14,16,20H,5,15H2,1-4H3,(H,23,25). The van der Waals surface area contributed by atoms with Gasteiger partial charge < -0.3 is 15.0 Å². The second-order valence-electron chi connectivity index (χ2n) is 6.83. The van der Waals surface area contributed by atoms with Crippen molar-refractivity contribution in [1.29, 1.82) is 0 Å². The van der Waals surface area contributed by atoms with Crippen molar-refractivity contribution in [3.05, 3.63) is 65.7 Å². The van der Waals surface area contributed by atoms with Gasteiger partial charge in [-0.2, -0.15) is 0 Å². The number of carbonyl (C=O) groups is 2. The number of ether oxygens (including phenoxy) is 1. The van der Waals surface area contributed by atoms with Crippen molar-refractivity contribution < 1.29 is 14.3 Å². The Hall–Kier alpha value is -2.82. The van der Waals surface area contributed by atoms with Crippen molar-refractivity contribution in [2.45, 2.75) is 33.4 Å². The summed E-state index contributed by atoms with van der Waals surface area (Å²) in [4.78, 5) is 27.1. The molecule has 0 aliphatic heterocycles. The van der Waals surface area contributed by atoms with Crippen LogP contribution in [0.4, 0.5) is 0 Å². The lowest BCUT2D eigenvalue weighted by atomic mass is 10.0. The van der Waals surface area contributed by atoms with Crippen LogP contribution >= 0.6 is 0 Å². The van der Waals surface area contributed by atoms with Crippen LogP contribution in [0.3, 0.4) is 0 Å². The van der Waals surface area contributed by atoms with Crippen LogP contribution in [-0.2, 0) is 11.3 Å². The molecular weight excluding hydrogens is 340 g/mol. The minimum absolute atomic E-state index is 0.0256. The van der Waals surface area contributed by atoms with E-state index >= 15 is 0 Å². The maximum atomic E-state index is 12.9. The highest BCUT2D eigenvalue weighted by molar-refractivity contribution is 5.97. The van der Waals surface area contributed by atoms with Gasteiger partial charge in [0.15, 0.2) is 0 Å². The average molecular weight is 368 g/mol. The molecule has 0 spiro atoms. The molecular formula is C22H28N2O3. The third-order valence-corrected chi connectivity index (χ3v) is 4.29. The molecule has 144 valence electrons. The van der Waals surface area contributed by atoms with Crippen LogP contribution in [0, 0.1) is 5.92 Å². The molecule has 0 fully saturated rings. The number of amides is 2. The monoisotopic (exact) mass is 368 g/mol. The van der Waals surface area contributed by atoms with Gasteiger partial charge in [0.05, 0.1) is 6.61 Å². The van der Waals surface area contributed by atoms with Gasteiger partial charge in [-0.05, 0) is 42.7 Å². The molecule has 5 heteroatoms. The van der Waals surface area contributed by atoms with Gasteiger partial charge in [-0.3, -0.25) is 9.59 Å². The number of nitrogens with zero attached hydrogens (tertiary/aromatic N) is 1. The summed E-state index contributed by atoms with van der Waals surface area (Å²) in [5.74, 6) is 0.321. The molecule has 0 heterocycles. The van der Waals surface area contributed by atoms with Gasteiger partial charge in [-0.25, -0.2) is 0 Å². The lowest BCUT2D eigenvalue weighted by Gasteiger charge is -2.27. The lowest BCUT2D eigenvalue weighted by Crippen LogP contribution is -2.50. The minimum atomic E-state index is -0.585. The van der Waals surface area contributed by atoms with Crippen molar-refractivity contribution in [2.24, 2.45) is 5.92 Å². The number of benzene rings is 2. The van der Waals surface area contributed by atoms with Gasteiger partial charge >= 0.3 is 0 Å². The first-order valence-electron chi connectivity index (χ1n) is 9.25. The lowest BCUT2D eigenvalue weighted by molar-refractivity contribution is -0.133. The Morgan fingerprint density at radius 1 is 1.04 bits per heavy atom. The maximum absolute atomic E-state index is 12.9. The number of carbonyl (C=O) groups excluding carboxylic acids is 2. The normalized spacial score (nSPS) is 11.7. The Bertz CT molecular complexity index is 742. The molecule has 0 aliphatic rings. The van der Waals surface area contributed by atoms with Crippen molar-refractivity contribution in [3.8, 4) is 5.75 Å². The molecule has 27 heavy (non-hydrogen) atoms. The van der Waals surface area contributed by atoms with Crippen LogP contribution in [-0.4, -0.2) is 36.4 Å². The van der Waals surface area contributed by atoms with E-state index in [1.165, 1.54) is 0 Å². The summed E-state index contributed by atoms with van der Waals surface area (Å²) < 4.78 is 5.39. The molecule has 2 aromatic carbocycles. The second kappa shape index (κ2) is 9.76. The number of hydrogen-bond acceptors (Lipinski definition) is 3. The molecule has 0 bridgehead atoms. The molecule has 5 nitrogen and oxygen atoms in total. The molecule has 0 saturated heterocycles. The van der Waals surface area contributed by atoms with E-state index in [-0.39, 0.29) is 17.7 Å². The predicted octanol–water partition coefficient (Wildman–Crippen LogP) is 3.50. The average Bonchev–Trinajstić information content (AvgIpc) is 2.66. The number of nitrogens with one attached hydrogen (secondary N) is 1. The highest BCUT2D eigenvalue weighted by atomic mass is 16.5. The van der Waals surface area contributed by atoms with E-state index in [4.69, 9.17) is 4.74 Å². The van der Waals surface area contributed by atoms with E-state index in [0.717, 1.165) is 5.56 Å². The molecule has 0 aliphatic carbocycles. The quantitative estimate of drug-likeness (QED) is 0.776. The van der Waals surface area contributed by atoms with Gasteiger partial charge in [-0.15, -0.1) is 0 Å². The third kappa shape index (κ3) is 5.84. The smallest absolute Gasteiger partial charge is 0.251 e. The molecule has 1 N–H and O–H groups in total. The van der Waals surface area contributed by atoms with Crippen LogP contribution in [0.2, 0.25) is 0 Å². The first kappa shape index (κ1) is 20.5. The summed E-state index contributed by atoms with van der Waals surface area (Å²) >= 11 is 0. The summed E-state index contributed by atoms with van der Waals surface area (Å²) in [6, 6.07) is 16.1. The van der Waals surface area contributed by atoms with Gasteiger partial charge in [0, 0.05) is 19.2 Å². The highest BCUT2D eigenvalue weighted by Gasteiger charge is 2.27.